The third-order valence-corrected chi connectivity index (χ3v) is 3.59. The lowest BCUT2D eigenvalue weighted by molar-refractivity contribution is -0.138. The summed E-state index contributed by atoms with van der Waals surface area (Å²) in [5, 5.41) is 12.9. The summed E-state index contributed by atoms with van der Waals surface area (Å²) in [5.41, 5.74) is 1.17. The van der Waals surface area contributed by atoms with Gasteiger partial charge in [-0.05, 0) is 12.3 Å². The van der Waals surface area contributed by atoms with Crippen LogP contribution < -0.4 is 0 Å². The number of aliphatic carboxylic acids is 1. The van der Waals surface area contributed by atoms with Crippen molar-refractivity contribution >= 4 is 17.4 Å². The van der Waals surface area contributed by atoms with Crippen molar-refractivity contribution in [3.05, 3.63) is 30.4 Å². The average molecular weight is 274 g/mol. The predicted molar refractivity (Wildman–Crippen MR) is 69.3 cm³/mol. The van der Waals surface area contributed by atoms with Crippen LogP contribution in [0.15, 0.2) is 24.8 Å². The Morgan fingerprint density at radius 1 is 1.40 bits per heavy atom. The van der Waals surface area contributed by atoms with E-state index in [9.17, 15) is 9.59 Å². The number of rotatable bonds is 3. The zero-order valence-corrected chi connectivity index (χ0v) is 10.8. The third-order valence-electron chi connectivity index (χ3n) is 3.59. The van der Waals surface area contributed by atoms with Gasteiger partial charge in [0.25, 0.3) is 5.91 Å². The van der Waals surface area contributed by atoms with Crippen molar-refractivity contribution in [2.45, 2.75) is 12.8 Å². The van der Waals surface area contributed by atoms with Gasteiger partial charge in [-0.2, -0.15) is 5.10 Å². The Morgan fingerprint density at radius 2 is 2.25 bits per heavy atom. The zero-order valence-electron chi connectivity index (χ0n) is 10.8. The molecule has 20 heavy (non-hydrogen) atoms. The van der Waals surface area contributed by atoms with Crippen molar-refractivity contribution in [2.24, 2.45) is 5.92 Å². The van der Waals surface area contributed by atoms with Gasteiger partial charge in [-0.15, -0.1) is 0 Å². The second-order valence-corrected chi connectivity index (χ2v) is 4.97. The van der Waals surface area contributed by atoms with Crippen LogP contribution in [0.2, 0.25) is 0 Å². The predicted octanol–water partition coefficient (Wildman–Crippen LogP) is 0.666. The molecule has 1 atom stereocenters. The van der Waals surface area contributed by atoms with Crippen LogP contribution in [0.4, 0.5) is 0 Å². The first kappa shape index (κ1) is 12.6. The molecule has 3 heterocycles. The van der Waals surface area contributed by atoms with Gasteiger partial charge < -0.3 is 10.0 Å². The Hall–Kier alpha value is -2.44. The largest absolute Gasteiger partial charge is 0.481 e. The highest BCUT2D eigenvalue weighted by Crippen LogP contribution is 2.22. The molecule has 0 aromatic carbocycles. The molecular weight excluding hydrogens is 260 g/mol. The molecule has 3 rings (SSSR count). The number of nitrogens with zero attached hydrogens (tertiary/aromatic N) is 4. The molecule has 1 fully saturated rings. The van der Waals surface area contributed by atoms with Gasteiger partial charge in [0.05, 0.1) is 23.5 Å². The molecule has 1 unspecified atom stereocenters. The molecule has 7 nitrogen and oxygen atoms in total. The maximum atomic E-state index is 12.5. The molecule has 0 radical (unpaired) electrons. The van der Waals surface area contributed by atoms with Crippen LogP contribution in [0.1, 0.15) is 23.2 Å². The molecule has 0 saturated carbocycles. The number of carbonyl (C=O) groups excluding carboxylic acids is 1. The summed E-state index contributed by atoms with van der Waals surface area (Å²) in [6.07, 6.45) is 7.26. The summed E-state index contributed by atoms with van der Waals surface area (Å²) in [5.74, 6) is -0.887. The third kappa shape index (κ3) is 2.22. The number of hydrogen-bond donors (Lipinski definition) is 1. The van der Waals surface area contributed by atoms with Crippen LogP contribution in [-0.4, -0.2) is 49.6 Å². The van der Waals surface area contributed by atoms with Crippen molar-refractivity contribution < 1.29 is 14.7 Å². The van der Waals surface area contributed by atoms with E-state index in [0.717, 1.165) is 6.42 Å². The zero-order chi connectivity index (χ0) is 14.1. The van der Waals surface area contributed by atoms with E-state index in [1.807, 2.05) is 0 Å². The van der Waals surface area contributed by atoms with Crippen LogP contribution in [0.3, 0.4) is 0 Å². The van der Waals surface area contributed by atoms with Gasteiger partial charge in [-0.1, -0.05) is 0 Å². The Morgan fingerprint density at radius 3 is 3.05 bits per heavy atom. The molecule has 2 aromatic heterocycles. The van der Waals surface area contributed by atoms with Gasteiger partial charge in [-0.25, -0.2) is 4.52 Å². The highest BCUT2D eigenvalue weighted by atomic mass is 16.4. The van der Waals surface area contributed by atoms with E-state index in [4.69, 9.17) is 5.11 Å². The fourth-order valence-corrected chi connectivity index (χ4v) is 2.60. The molecule has 1 saturated heterocycles. The van der Waals surface area contributed by atoms with E-state index in [1.54, 1.807) is 28.0 Å². The second-order valence-electron chi connectivity index (χ2n) is 4.97. The van der Waals surface area contributed by atoms with Crippen LogP contribution in [0.5, 0.6) is 0 Å². The maximum absolute atomic E-state index is 12.5. The lowest BCUT2D eigenvalue weighted by atomic mass is 10.1. The highest BCUT2D eigenvalue weighted by molar-refractivity contribution is 6.00. The normalized spacial score (nSPS) is 18.6. The minimum atomic E-state index is -0.815. The average Bonchev–Trinajstić information content (AvgIpc) is 3.03. The number of fused-ring (bicyclic) bond motifs is 1. The Balaban J connectivity index is 1.78. The number of carbonyl (C=O) groups is 2. The van der Waals surface area contributed by atoms with Crippen molar-refractivity contribution in [2.75, 3.05) is 13.1 Å². The van der Waals surface area contributed by atoms with E-state index < -0.39 is 5.97 Å². The number of carboxylic acid groups (broad SMARTS) is 1. The molecule has 2 aromatic rings. The fourth-order valence-electron chi connectivity index (χ4n) is 2.60. The van der Waals surface area contributed by atoms with Gasteiger partial charge in [0.15, 0.2) is 0 Å². The van der Waals surface area contributed by atoms with Crippen LogP contribution in [0, 0.1) is 5.92 Å². The monoisotopic (exact) mass is 274 g/mol. The minimum absolute atomic E-state index is 0.0383. The van der Waals surface area contributed by atoms with E-state index in [-0.39, 0.29) is 18.2 Å². The first-order valence-corrected chi connectivity index (χ1v) is 6.43. The molecule has 1 N–H and O–H groups in total. The number of aromatic nitrogens is 3. The van der Waals surface area contributed by atoms with Crippen molar-refractivity contribution in [3.63, 3.8) is 0 Å². The SMILES string of the molecule is O=C(O)CC1CCN(C(=O)c2cnn3ccncc23)C1. The van der Waals surface area contributed by atoms with E-state index in [0.29, 0.717) is 24.2 Å². The Bertz CT molecular complexity index is 666. The summed E-state index contributed by atoms with van der Waals surface area (Å²) in [7, 11) is 0. The minimum Gasteiger partial charge on any atom is -0.481 e. The van der Waals surface area contributed by atoms with Gasteiger partial charge in [0.1, 0.15) is 0 Å². The van der Waals surface area contributed by atoms with E-state index in [2.05, 4.69) is 10.1 Å². The molecule has 1 aliphatic rings. The maximum Gasteiger partial charge on any atom is 0.303 e. The van der Waals surface area contributed by atoms with Crippen LogP contribution in [0.25, 0.3) is 5.52 Å². The summed E-state index contributed by atoms with van der Waals surface area (Å²) in [6, 6.07) is 0. The molecule has 1 aliphatic heterocycles. The molecule has 1 amide bonds. The lowest BCUT2D eigenvalue weighted by Gasteiger charge is -2.15. The van der Waals surface area contributed by atoms with E-state index in [1.165, 1.54) is 6.20 Å². The van der Waals surface area contributed by atoms with Crippen LogP contribution >= 0.6 is 0 Å². The van der Waals surface area contributed by atoms with Crippen molar-refractivity contribution in [1.29, 1.82) is 0 Å². The fraction of sp³-hybridized carbons (Fsp3) is 0.385. The van der Waals surface area contributed by atoms with Crippen LogP contribution in [-0.2, 0) is 4.79 Å². The Labute approximate surface area is 114 Å². The number of carboxylic acids is 1. The lowest BCUT2D eigenvalue weighted by Crippen LogP contribution is -2.28. The molecule has 104 valence electrons. The first-order chi connectivity index (χ1) is 9.65. The topological polar surface area (TPSA) is 87.8 Å². The molecule has 0 bridgehead atoms. The Kier molecular flexibility index (Phi) is 3.09. The molecular formula is C13H14N4O3. The van der Waals surface area contributed by atoms with Crippen molar-refractivity contribution in [1.82, 2.24) is 19.5 Å². The van der Waals surface area contributed by atoms with Crippen molar-refractivity contribution in [3.8, 4) is 0 Å². The van der Waals surface area contributed by atoms with Gasteiger partial charge in [0, 0.05) is 31.9 Å². The standard InChI is InChI=1S/C13H14N4O3/c18-12(19)5-9-1-3-16(8-9)13(20)10-6-15-17-4-2-14-7-11(10)17/h2,4,6-7,9H,1,3,5,8H2,(H,18,19). The smallest absolute Gasteiger partial charge is 0.303 e. The summed E-state index contributed by atoms with van der Waals surface area (Å²) in [4.78, 5) is 28.9. The second kappa shape index (κ2) is 4.92. The highest BCUT2D eigenvalue weighted by Gasteiger charge is 2.29. The number of likely N-dealkylation sites (tertiary alicyclic amines) is 1. The number of hydrogen-bond acceptors (Lipinski definition) is 4. The summed E-state index contributed by atoms with van der Waals surface area (Å²) < 4.78 is 1.60. The first-order valence-electron chi connectivity index (χ1n) is 6.43. The molecule has 0 aliphatic carbocycles. The summed E-state index contributed by atoms with van der Waals surface area (Å²) >= 11 is 0. The molecule has 7 heteroatoms. The van der Waals surface area contributed by atoms with Gasteiger partial charge in [0.2, 0.25) is 0 Å². The molecule has 0 spiro atoms. The quantitative estimate of drug-likeness (QED) is 0.888. The van der Waals surface area contributed by atoms with E-state index >= 15 is 0 Å². The van der Waals surface area contributed by atoms with Gasteiger partial charge >= 0.3 is 5.97 Å². The summed E-state index contributed by atoms with van der Waals surface area (Å²) in [6.45, 7) is 1.08. The van der Waals surface area contributed by atoms with Gasteiger partial charge in [-0.3, -0.25) is 14.6 Å². The number of amides is 1.